The number of carbonyl (C=O) groups is 1. The molecule has 0 bridgehead atoms. The van der Waals surface area contributed by atoms with E-state index >= 15 is 0 Å². The number of sulfone groups is 1. The number of ether oxygens (including phenoxy) is 1. The first kappa shape index (κ1) is 22.1. The highest BCUT2D eigenvalue weighted by Crippen LogP contribution is 2.29. The third kappa shape index (κ3) is 5.71. The summed E-state index contributed by atoms with van der Waals surface area (Å²) in [6, 6.07) is 10.1. The molecule has 1 aliphatic heterocycles. The standard InChI is InChI=1S/C20H21F3N2O4S/c21-20(22,23)15-6-7-18(24-14-15)29-16-8-11-25(12-9-16)19(26)10-13-30(27,28)17-4-2-1-3-5-17/h1-7,14,16H,8-13H2. The van der Waals surface area contributed by atoms with Crippen molar-refractivity contribution in [1.29, 1.82) is 0 Å². The van der Waals surface area contributed by atoms with E-state index in [-0.39, 0.29) is 35.0 Å². The topological polar surface area (TPSA) is 76.6 Å². The van der Waals surface area contributed by atoms with Crippen LogP contribution in [0.1, 0.15) is 24.8 Å². The van der Waals surface area contributed by atoms with Crippen molar-refractivity contribution in [3.05, 3.63) is 54.2 Å². The molecule has 0 atom stereocenters. The van der Waals surface area contributed by atoms with Gasteiger partial charge in [-0.15, -0.1) is 0 Å². The van der Waals surface area contributed by atoms with E-state index in [1.54, 1.807) is 23.1 Å². The Balaban J connectivity index is 1.46. The lowest BCUT2D eigenvalue weighted by atomic mass is 10.1. The normalized spacial score (nSPS) is 15.8. The first-order chi connectivity index (χ1) is 14.1. The van der Waals surface area contributed by atoms with Crippen molar-refractivity contribution in [3.63, 3.8) is 0 Å². The van der Waals surface area contributed by atoms with E-state index in [1.165, 1.54) is 18.2 Å². The quantitative estimate of drug-likeness (QED) is 0.686. The van der Waals surface area contributed by atoms with E-state index in [9.17, 15) is 26.4 Å². The Labute approximate surface area is 172 Å². The van der Waals surface area contributed by atoms with E-state index in [4.69, 9.17) is 4.74 Å². The summed E-state index contributed by atoms with van der Waals surface area (Å²) in [5, 5.41) is 0. The second-order valence-electron chi connectivity index (χ2n) is 6.96. The third-order valence-corrected chi connectivity index (χ3v) is 6.56. The zero-order valence-electron chi connectivity index (χ0n) is 16.0. The van der Waals surface area contributed by atoms with Crippen LogP contribution in [0.25, 0.3) is 0 Å². The molecule has 2 aromatic rings. The van der Waals surface area contributed by atoms with Gasteiger partial charge in [-0.25, -0.2) is 13.4 Å². The molecule has 0 radical (unpaired) electrons. The fourth-order valence-corrected chi connectivity index (χ4v) is 4.39. The average molecular weight is 442 g/mol. The zero-order chi connectivity index (χ0) is 21.8. The number of carbonyl (C=O) groups excluding carboxylic acids is 1. The van der Waals surface area contributed by atoms with E-state index < -0.39 is 21.6 Å². The molecule has 10 heteroatoms. The first-order valence-corrected chi connectivity index (χ1v) is 11.1. The Bertz CT molecular complexity index is 956. The Morgan fingerprint density at radius 3 is 2.33 bits per heavy atom. The van der Waals surface area contributed by atoms with Crippen LogP contribution in [-0.2, 0) is 20.8 Å². The number of nitrogens with zero attached hydrogens (tertiary/aromatic N) is 2. The highest BCUT2D eigenvalue weighted by Gasteiger charge is 2.31. The largest absolute Gasteiger partial charge is 0.474 e. The molecule has 162 valence electrons. The number of halogens is 3. The molecule has 1 amide bonds. The van der Waals surface area contributed by atoms with Gasteiger partial charge in [0.15, 0.2) is 9.84 Å². The van der Waals surface area contributed by atoms with Crippen LogP contribution in [0.15, 0.2) is 53.6 Å². The summed E-state index contributed by atoms with van der Waals surface area (Å²) in [5.74, 6) is -0.413. The van der Waals surface area contributed by atoms with Crippen LogP contribution in [0.4, 0.5) is 13.2 Å². The molecule has 0 aliphatic carbocycles. The van der Waals surface area contributed by atoms with Crippen molar-refractivity contribution in [2.24, 2.45) is 0 Å². The molecule has 1 aromatic heterocycles. The summed E-state index contributed by atoms with van der Waals surface area (Å²) in [7, 11) is -3.52. The van der Waals surface area contributed by atoms with Gasteiger partial charge >= 0.3 is 6.18 Å². The lowest BCUT2D eigenvalue weighted by molar-refractivity contribution is -0.137. The number of hydrogen-bond donors (Lipinski definition) is 0. The molecule has 1 fully saturated rings. The molecule has 30 heavy (non-hydrogen) atoms. The van der Waals surface area contributed by atoms with E-state index in [2.05, 4.69) is 4.98 Å². The molecule has 3 rings (SSSR count). The molecule has 0 saturated carbocycles. The van der Waals surface area contributed by atoms with Crippen molar-refractivity contribution in [2.45, 2.75) is 36.4 Å². The number of likely N-dealkylation sites (tertiary alicyclic amines) is 1. The van der Waals surface area contributed by atoms with Gasteiger partial charge < -0.3 is 9.64 Å². The number of aromatic nitrogens is 1. The number of benzene rings is 1. The summed E-state index contributed by atoms with van der Waals surface area (Å²) in [6.07, 6.45) is -3.14. The maximum atomic E-state index is 12.6. The zero-order valence-corrected chi connectivity index (χ0v) is 16.8. The molecule has 0 unspecified atom stereocenters. The minimum atomic E-state index is -4.45. The van der Waals surface area contributed by atoms with Crippen LogP contribution in [0.2, 0.25) is 0 Å². The van der Waals surface area contributed by atoms with Crippen LogP contribution >= 0.6 is 0 Å². The number of pyridine rings is 1. The minimum absolute atomic E-state index is 0.0988. The highest BCUT2D eigenvalue weighted by atomic mass is 32.2. The monoisotopic (exact) mass is 442 g/mol. The van der Waals surface area contributed by atoms with Crippen LogP contribution in [0.5, 0.6) is 5.88 Å². The number of piperidine rings is 1. The van der Waals surface area contributed by atoms with Gasteiger partial charge in [0.05, 0.1) is 16.2 Å². The molecule has 2 heterocycles. The summed E-state index contributed by atoms with van der Waals surface area (Å²) in [6.45, 7) is 0.769. The summed E-state index contributed by atoms with van der Waals surface area (Å²) < 4.78 is 67.9. The molecule has 1 aromatic carbocycles. The second kappa shape index (κ2) is 9.03. The Hall–Kier alpha value is -2.62. The Morgan fingerprint density at radius 2 is 1.77 bits per heavy atom. The SMILES string of the molecule is O=C(CCS(=O)(=O)c1ccccc1)N1CCC(Oc2ccc(C(F)(F)F)cn2)CC1. The Morgan fingerprint density at radius 1 is 1.10 bits per heavy atom. The average Bonchev–Trinajstić information content (AvgIpc) is 2.73. The Kier molecular flexibility index (Phi) is 6.64. The summed E-state index contributed by atoms with van der Waals surface area (Å²) in [5.41, 5.74) is -0.847. The van der Waals surface area contributed by atoms with Gasteiger partial charge in [0, 0.05) is 44.6 Å². The highest BCUT2D eigenvalue weighted by molar-refractivity contribution is 7.91. The van der Waals surface area contributed by atoms with Crippen LogP contribution < -0.4 is 4.74 Å². The smallest absolute Gasteiger partial charge is 0.417 e. The maximum Gasteiger partial charge on any atom is 0.417 e. The van der Waals surface area contributed by atoms with Gasteiger partial charge in [-0.3, -0.25) is 4.79 Å². The van der Waals surface area contributed by atoms with E-state index in [1.807, 2.05) is 0 Å². The minimum Gasteiger partial charge on any atom is -0.474 e. The fourth-order valence-electron chi connectivity index (χ4n) is 3.14. The summed E-state index contributed by atoms with van der Waals surface area (Å²) in [4.78, 5) is 17.8. The van der Waals surface area contributed by atoms with Crippen molar-refractivity contribution in [1.82, 2.24) is 9.88 Å². The summed E-state index contributed by atoms with van der Waals surface area (Å²) >= 11 is 0. The molecule has 0 spiro atoms. The van der Waals surface area contributed by atoms with Crippen molar-refractivity contribution in [3.8, 4) is 5.88 Å². The first-order valence-electron chi connectivity index (χ1n) is 9.40. The number of hydrogen-bond acceptors (Lipinski definition) is 5. The maximum absolute atomic E-state index is 12.6. The van der Waals surface area contributed by atoms with Crippen LogP contribution in [0.3, 0.4) is 0 Å². The van der Waals surface area contributed by atoms with Gasteiger partial charge in [0.2, 0.25) is 11.8 Å². The van der Waals surface area contributed by atoms with Gasteiger partial charge in [0.25, 0.3) is 0 Å². The predicted molar refractivity (Wildman–Crippen MR) is 103 cm³/mol. The van der Waals surface area contributed by atoms with Crippen molar-refractivity contribution < 1.29 is 31.1 Å². The fraction of sp³-hybridized carbons (Fsp3) is 0.400. The molecule has 0 N–H and O–H groups in total. The molecular formula is C20H21F3N2O4S. The second-order valence-corrected chi connectivity index (χ2v) is 9.07. The van der Waals surface area contributed by atoms with Gasteiger partial charge in [0.1, 0.15) is 6.10 Å². The van der Waals surface area contributed by atoms with E-state index in [0.29, 0.717) is 25.9 Å². The van der Waals surface area contributed by atoms with Crippen LogP contribution in [0, 0.1) is 0 Å². The van der Waals surface area contributed by atoms with Gasteiger partial charge in [-0.05, 0) is 18.2 Å². The van der Waals surface area contributed by atoms with Gasteiger partial charge in [-0.2, -0.15) is 13.2 Å². The predicted octanol–water partition coefficient (Wildman–Crippen LogP) is 3.33. The number of amides is 1. The van der Waals surface area contributed by atoms with Crippen molar-refractivity contribution >= 4 is 15.7 Å². The molecule has 1 saturated heterocycles. The molecule has 1 aliphatic rings. The lowest BCUT2D eigenvalue weighted by Crippen LogP contribution is -2.42. The van der Waals surface area contributed by atoms with E-state index in [0.717, 1.165) is 12.3 Å². The third-order valence-electron chi connectivity index (χ3n) is 4.83. The van der Waals surface area contributed by atoms with Crippen molar-refractivity contribution in [2.75, 3.05) is 18.8 Å². The number of alkyl halides is 3. The van der Waals surface area contributed by atoms with Crippen LogP contribution in [-0.4, -0.2) is 49.2 Å². The van der Waals surface area contributed by atoms with Gasteiger partial charge in [-0.1, -0.05) is 18.2 Å². The number of rotatable bonds is 6. The molecular weight excluding hydrogens is 421 g/mol. The molecule has 6 nitrogen and oxygen atoms in total. The lowest BCUT2D eigenvalue weighted by Gasteiger charge is -2.32.